The zero-order valence-electron chi connectivity index (χ0n) is 11.5. The van der Waals surface area contributed by atoms with Gasteiger partial charge in [-0.3, -0.25) is 4.79 Å². The van der Waals surface area contributed by atoms with Crippen molar-refractivity contribution in [1.82, 2.24) is 10.6 Å². The molecule has 0 heterocycles. The number of carbonyl (C=O) groups excluding carboxylic acids is 2. The molecule has 5 heteroatoms. The van der Waals surface area contributed by atoms with E-state index in [1.54, 1.807) is 44.4 Å². The van der Waals surface area contributed by atoms with Crippen LogP contribution in [-0.4, -0.2) is 26.1 Å². The van der Waals surface area contributed by atoms with Crippen LogP contribution in [0, 0.1) is 0 Å². The van der Waals surface area contributed by atoms with Gasteiger partial charge in [-0.2, -0.15) is 0 Å². The highest BCUT2D eigenvalue weighted by Gasteiger charge is 2.09. The van der Waals surface area contributed by atoms with Gasteiger partial charge in [0, 0.05) is 14.1 Å². The molecular weight excluding hydrogens is 244 g/mol. The molecule has 0 aromatic heterocycles. The monoisotopic (exact) mass is 264 g/mol. The van der Waals surface area contributed by atoms with Gasteiger partial charge >= 0.3 is 6.09 Å². The standard InChI is InChI=1S/C14H20N2O3/c1-5-6-7-8-9-12(10-13(17)15-3)11(2)19-14(18)16-4/h5-9H,1,10H2,2-4H3,(H,15,17)(H,16,18)/b7-6-,9-8-,12-11-. The number of rotatable bonds is 6. The molecular formula is C14H20N2O3. The van der Waals surface area contributed by atoms with Crippen LogP contribution in [0.5, 0.6) is 0 Å². The Hall–Kier alpha value is -2.30. The average Bonchev–Trinajstić information content (AvgIpc) is 2.41. The summed E-state index contributed by atoms with van der Waals surface area (Å²) in [6.07, 6.45) is 8.19. The van der Waals surface area contributed by atoms with E-state index in [9.17, 15) is 9.59 Å². The lowest BCUT2D eigenvalue weighted by atomic mass is 10.1. The van der Waals surface area contributed by atoms with Crippen LogP contribution in [0.1, 0.15) is 13.3 Å². The maximum atomic E-state index is 11.4. The molecule has 0 spiro atoms. The Bertz CT molecular complexity index is 420. The molecule has 0 fully saturated rings. The molecule has 19 heavy (non-hydrogen) atoms. The largest absolute Gasteiger partial charge is 0.415 e. The molecule has 5 nitrogen and oxygen atoms in total. The van der Waals surface area contributed by atoms with Crippen molar-refractivity contribution in [2.45, 2.75) is 13.3 Å². The van der Waals surface area contributed by atoms with Gasteiger partial charge in [0.25, 0.3) is 0 Å². The SMILES string of the molecule is C=C\C=C/C=C\C(CC(=O)NC)=C(/C)OC(=O)NC. The van der Waals surface area contributed by atoms with Gasteiger partial charge in [0.15, 0.2) is 0 Å². The summed E-state index contributed by atoms with van der Waals surface area (Å²) in [7, 11) is 3.02. The highest BCUT2D eigenvalue weighted by Crippen LogP contribution is 2.12. The maximum absolute atomic E-state index is 11.4. The van der Waals surface area contributed by atoms with Crippen molar-refractivity contribution in [1.29, 1.82) is 0 Å². The predicted octanol–water partition coefficient (Wildman–Crippen LogP) is 2.05. The van der Waals surface area contributed by atoms with Gasteiger partial charge in [0.05, 0.1) is 6.42 Å². The van der Waals surface area contributed by atoms with Crippen LogP contribution in [0.25, 0.3) is 0 Å². The summed E-state index contributed by atoms with van der Waals surface area (Å²) in [6.45, 7) is 5.18. The van der Waals surface area contributed by atoms with Crippen LogP contribution < -0.4 is 10.6 Å². The number of hydrogen-bond acceptors (Lipinski definition) is 3. The first-order chi connectivity index (χ1) is 9.04. The lowest BCUT2D eigenvalue weighted by Gasteiger charge is -2.08. The third-order valence-electron chi connectivity index (χ3n) is 2.19. The maximum Gasteiger partial charge on any atom is 0.412 e. The lowest BCUT2D eigenvalue weighted by Crippen LogP contribution is -2.21. The fourth-order valence-corrected chi connectivity index (χ4v) is 1.13. The van der Waals surface area contributed by atoms with Crippen molar-refractivity contribution >= 4 is 12.0 Å². The molecule has 0 bridgehead atoms. The molecule has 0 unspecified atom stereocenters. The number of allylic oxidation sites excluding steroid dienone is 6. The molecule has 104 valence electrons. The van der Waals surface area contributed by atoms with E-state index in [4.69, 9.17) is 4.74 Å². The Morgan fingerprint density at radius 1 is 1.16 bits per heavy atom. The number of carbonyl (C=O) groups is 2. The smallest absolute Gasteiger partial charge is 0.412 e. The van der Waals surface area contributed by atoms with Crippen LogP contribution in [0.15, 0.2) is 48.3 Å². The van der Waals surface area contributed by atoms with Gasteiger partial charge in [-0.1, -0.05) is 37.0 Å². The molecule has 0 aliphatic carbocycles. The molecule has 2 amide bonds. The number of hydrogen-bond donors (Lipinski definition) is 2. The summed E-state index contributed by atoms with van der Waals surface area (Å²) in [4.78, 5) is 22.5. The van der Waals surface area contributed by atoms with Gasteiger partial charge < -0.3 is 15.4 Å². The topological polar surface area (TPSA) is 67.4 Å². The van der Waals surface area contributed by atoms with Crippen LogP contribution >= 0.6 is 0 Å². The number of ether oxygens (including phenoxy) is 1. The van der Waals surface area contributed by atoms with Gasteiger partial charge in [-0.15, -0.1) is 0 Å². The Kier molecular flexibility index (Phi) is 8.53. The van der Waals surface area contributed by atoms with E-state index in [0.717, 1.165) is 0 Å². The molecule has 0 saturated carbocycles. The van der Waals surface area contributed by atoms with Gasteiger partial charge in [-0.25, -0.2) is 4.79 Å². The first-order valence-corrected chi connectivity index (χ1v) is 5.80. The van der Waals surface area contributed by atoms with Gasteiger partial charge in [0.1, 0.15) is 5.76 Å². The summed E-state index contributed by atoms with van der Waals surface area (Å²) in [5, 5.41) is 4.87. The Labute approximate surface area is 113 Å². The van der Waals surface area contributed by atoms with Crippen LogP contribution in [-0.2, 0) is 9.53 Å². The highest BCUT2D eigenvalue weighted by molar-refractivity contribution is 5.79. The molecule has 2 N–H and O–H groups in total. The minimum absolute atomic E-state index is 0.137. The third kappa shape index (κ3) is 7.59. The van der Waals surface area contributed by atoms with E-state index in [1.165, 1.54) is 7.05 Å². The van der Waals surface area contributed by atoms with Crippen molar-refractivity contribution in [3.8, 4) is 0 Å². The molecule has 0 atom stereocenters. The Balaban J connectivity index is 5.01. The molecule has 0 radical (unpaired) electrons. The van der Waals surface area contributed by atoms with Crippen molar-refractivity contribution in [2.24, 2.45) is 0 Å². The molecule has 0 aliphatic heterocycles. The van der Waals surface area contributed by atoms with Gasteiger partial charge in [0.2, 0.25) is 5.91 Å². The van der Waals surface area contributed by atoms with Crippen molar-refractivity contribution in [2.75, 3.05) is 14.1 Å². The number of amides is 2. The highest BCUT2D eigenvalue weighted by atomic mass is 16.6. The van der Waals surface area contributed by atoms with E-state index < -0.39 is 6.09 Å². The first-order valence-electron chi connectivity index (χ1n) is 5.80. The Morgan fingerprint density at radius 3 is 2.37 bits per heavy atom. The second kappa shape index (κ2) is 9.70. The molecule has 0 aliphatic rings. The fourth-order valence-electron chi connectivity index (χ4n) is 1.13. The van der Waals surface area contributed by atoms with E-state index in [-0.39, 0.29) is 12.3 Å². The molecule has 0 rings (SSSR count). The third-order valence-corrected chi connectivity index (χ3v) is 2.19. The minimum Gasteiger partial charge on any atom is -0.415 e. The zero-order valence-corrected chi connectivity index (χ0v) is 11.5. The van der Waals surface area contributed by atoms with Crippen molar-refractivity contribution in [3.63, 3.8) is 0 Å². The van der Waals surface area contributed by atoms with Gasteiger partial charge in [-0.05, 0) is 12.5 Å². The number of alkyl carbamates (subject to hydrolysis) is 1. The van der Waals surface area contributed by atoms with Crippen LogP contribution in [0.2, 0.25) is 0 Å². The minimum atomic E-state index is -0.568. The van der Waals surface area contributed by atoms with E-state index in [2.05, 4.69) is 17.2 Å². The molecule has 0 aromatic rings. The Morgan fingerprint density at radius 2 is 1.84 bits per heavy atom. The summed E-state index contributed by atoms with van der Waals surface area (Å²) in [5.74, 6) is 0.221. The molecule has 0 saturated heterocycles. The summed E-state index contributed by atoms with van der Waals surface area (Å²) < 4.78 is 5.02. The van der Waals surface area contributed by atoms with E-state index >= 15 is 0 Å². The van der Waals surface area contributed by atoms with Crippen LogP contribution in [0.4, 0.5) is 4.79 Å². The zero-order chi connectivity index (χ0) is 14.7. The van der Waals surface area contributed by atoms with Crippen LogP contribution in [0.3, 0.4) is 0 Å². The number of nitrogens with one attached hydrogen (secondary N) is 2. The predicted molar refractivity (Wildman–Crippen MR) is 75.4 cm³/mol. The summed E-state index contributed by atoms with van der Waals surface area (Å²) >= 11 is 0. The second-order valence-corrected chi connectivity index (χ2v) is 3.55. The van der Waals surface area contributed by atoms with E-state index in [0.29, 0.717) is 11.3 Å². The quantitative estimate of drug-likeness (QED) is 0.570. The second-order valence-electron chi connectivity index (χ2n) is 3.55. The van der Waals surface area contributed by atoms with E-state index in [1.807, 2.05) is 0 Å². The normalized spacial score (nSPS) is 12.2. The molecule has 0 aromatic carbocycles. The average molecular weight is 264 g/mol. The van der Waals surface area contributed by atoms with Crippen molar-refractivity contribution in [3.05, 3.63) is 48.3 Å². The fraction of sp³-hybridized carbons (Fsp3) is 0.286. The van der Waals surface area contributed by atoms with Crippen molar-refractivity contribution < 1.29 is 14.3 Å². The summed E-state index contributed by atoms with van der Waals surface area (Å²) in [6, 6.07) is 0. The first kappa shape index (κ1) is 16.7. The lowest BCUT2D eigenvalue weighted by molar-refractivity contribution is -0.119. The summed E-state index contributed by atoms with van der Waals surface area (Å²) in [5.41, 5.74) is 0.622.